The fraction of sp³-hybridized carbons (Fsp3) is 0.0645. The van der Waals surface area contributed by atoms with Gasteiger partial charge in [0.05, 0.1) is 23.3 Å². The highest BCUT2D eigenvalue weighted by Gasteiger charge is 2.41. The summed E-state index contributed by atoms with van der Waals surface area (Å²) < 4.78 is 44.5. The number of halogens is 3. The van der Waals surface area contributed by atoms with E-state index in [4.69, 9.17) is 4.74 Å². The van der Waals surface area contributed by atoms with E-state index in [-0.39, 0.29) is 27.5 Å². The summed E-state index contributed by atoms with van der Waals surface area (Å²) in [6, 6.07) is 21.7. The molecule has 0 atom stereocenters. The highest BCUT2D eigenvalue weighted by Crippen LogP contribution is 2.39. The molecule has 4 aromatic carbocycles. The Bertz CT molecular complexity index is 1810. The summed E-state index contributed by atoms with van der Waals surface area (Å²) in [4.78, 5) is 51.3. The van der Waals surface area contributed by atoms with Crippen LogP contribution in [0.5, 0.6) is 5.75 Å². The van der Waals surface area contributed by atoms with Crippen molar-refractivity contribution < 1.29 is 37.2 Å². The number of nitrogens with zero attached hydrogens (tertiary/aromatic N) is 2. The number of methoxy groups -OCH3 is 1. The summed E-state index contributed by atoms with van der Waals surface area (Å²) in [5.74, 6) is -1.44. The number of anilines is 3. The number of rotatable bonds is 9. The number of imide groups is 1. The Labute approximate surface area is 257 Å². The Kier molecular flexibility index (Phi) is 8.59. The fourth-order valence-electron chi connectivity index (χ4n) is 4.23. The van der Waals surface area contributed by atoms with Gasteiger partial charge in [0.1, 0.15) is 16.4 Å². The van der Waals surface area contributed by atoms with Crippen LogP contribution >= 0.6 is 11.8 Å². The van der Waals surface area contributed by atoms with Crippen molar-refractivity contribution in [3.8, 4) is 5.75 Å². The van der Waals surface area contributed by atoms with E-state index in [2.05, 4.69) is 10.6 Å². The zero-order valence-electron chi connectivity index (χ0n) is 23.1. The van der Waals surface area contributed by atoms with Crippen LogP contribution in [0.25, 0.3) is 0 Å². The Morgan fingerprint density at radius 3 is 2.00 bits per heavy atom. The molecule has 0 spiro atoms. The van der Waals surface area contributed by atoms with Crippen molar-refractivity contribution >= 4 is 52.2 Å². The van der Waals surface area contributed by atoms with E-state index in [0.29, 0.717) is 22.0 Å². The van der Waals surface area contributed by atoms with Gasteiger partial charge in [0.2, 0.25) is 0 Å². The van der Waals surface area contributed by atoms with Crippen LogP contribution < -0.4 is 20.3 Å². The summed E-state index contributed by atoms with van der Waals surface area (Å²) in [5.41, 5.74) is -0.128. The van der Waals surface area contributed by atoms with Gasteiger partial charge in [0.15, 0.2) is 0 Å². The lowest BCUT2D eigenvalue weighted by atomic mass is 10.2. The first-order chi connectivity index (χ1) is 21.4. The minimum Gasteiger partial charge on any atom is -0.497 e. The normalized spacial score (nSPS) is 13.2. The zero-order chi connectivity index (χ0) is 32.3. The van der Waals surface area contributed by atoms with E-state index in [0.717, 1.165) is 40.9 Å². The molecule has 3 amide bonds. The van der Waals surface area contributed by atoms with Crippen molar-refractivity contribution in [1.29, 1.82) is 0 Å². The molecule has 0 fully saturated rings. The average molecular weight is 635 g/mol. The molecule has 0 unspecified atom stereocenters. The summed E-state index contributed by atoms with van der Waals surface area (Å²) in [5, 5.41) is 16.5. The highest BCUT2D eigenvalue weighted by atomic mass is 32.2. The second kappa shape index (κ2) is 12.5. The minimum atomic E-state index is -4.59. The molecule has 0 saturated carbocycles. The van der Waals surface area contributed by atoms with Gasteiger partial charge in [-0.05, 0) is 84.9 Å². The predicted octanol–water partition coefficient (Wildman–Crippen LogP) is 6.86. The number of benzene rings is 4. The molecule has 45 heavy (non-hydrogen) atoms. The number of ether oxygens (including phenoxy) is 1. The second-order valence-corrected chi connectivity index (χ2v) is 10.5. The maximum absolute atomic E-state index is 13.6. The molecule has 5 rings (SSSR count). The quantitative estimate of drug-likeness (QED) is 0.116. The van der Waals surface area contributed by atoms with Crippen LogP contribution in [0.15, 0.2) is 113 Å². The molecule has 0 radical (unpaired) electrons. The zero-order valence-corrected chi connectivity index (χ0v) is 23.9. The van der Waals surface area contributed by atoms with E-state index in [9.17, 15) is 37.7 Å². The van der Waals surface area contributed by atoms with Crippen LogP contribution in [0.1, 0.15) is 15.9 Å². The molecular formula is C31H21F3N4O6S. The number of nitro benzene ring substituents is 1. The molecule has 0 saturated heterocycles. The lowest BCUT2D eigenvalue weighted by Crippen LogP contribution is -2.32. The number of nitro groups is 1. The molecule has 228 valence electrons. The van der Waals surface area contributed by atoms with E-state index < -0.39 is 34.4 Å². The molecule has 0 aliphatic carbocycles. The molecule has 0 aromatic heterocycles. The second-order valence-electron chi connectivity index (χ2n) is 9.43. The van der Waals surface area contributed by atoms with E-state index in [1.165, 1.54) is 31.4 Å². The van der Waals surface area contributed by atoms with E-state index in [1.807, 2.05) is 0 Å². The van der Waals surface area contributed by atoms with Gasteiger partial charge in [-0.3, -0.25) is 24.5 Å². The molecule has 4 aromatic rings. The monoisotopic (exact) mass is 634 g/mol. The number of alkyl halides is 3. The van der Waals surface area contributed by atoms with Crippen molar-refractivity contribution in [2.75, 3.05) is 22.6 Å². The Hall–Kier alpha value is -5.63. The first-order valence-corrected chi connectivity index (χ1v) is 13.8. The molecule has 1 aliphatic heterocycles. The maximum atomic E-state index is 13.6. The van der Waals surface area contributed by atoms with Gasteiger partial charge in [-0.15, -0.1) is 0 Å². The third kappa shape index (κ3) is 6.80. The predicted molar refractivity (Wildman–Crippen MR) is 161 cm³/mol. The van der Waals surface area contributed by atoms with Crippen LogP contribution in [0.4, 0.5) is 35.9 Å². The number of thioether (sulfide) groups is 1. The van der Waals surface area contributed by atoms with Crippen molar-refractivity contribution in [2.24, 2.45) is 0 Å². The number of hydrogen-bond donors (Lipinski definition) is 2. The first kappa shape index (κ1) is 30.8. The standard InChI is InChI=1S/C31H21F3N4O6S/c1-44-24-14-6-20(7-15-24)35-26-27(30(41)37(29(26)40)22-12-4-19(5-13-22)31(32,33)34)45-25-16-8-21(9-17-25)36-28(39)18-2-10-23(11-3-18)38(42)43/h2-17,35H,1H3,(H,36,39). The third-order valence-corrected chi connectivity index (χ3v) is 7.62. The van der Waals surface area contributed by atoms with Crippen LogP contribution in [-0.2, 0) is 15.8 Å². The average Bonchev–Trinajstić information content (AvgIpc) is 3.25. The smallest absolute Gasteiger partial charge is 0.416 e. The Balaban J connectivity index is 1.39. The fourth-order valence-corrected chi connectivity index (χ4v) is 5.16. The van der Waals surface area contributed by atoms with Crippen molar-refractivity contribution in [3.05, 3.63) is 129 Å². The number of carbonyl (C=O) groups is 3. The molecule has 1 aliphatic rings. The van der Waals surface area contributed by atoms with Gasteiger partial charge in [-0.25, -0.2) is 4.90 Å². The number of nitrogens with one attached hydrogen (secondary N) is 2. The van der Waals surface area contributed by atoms with E-state index in [1.54, 1.807) is 48.5 Å². The Morgan fingerprint density at radius 1 is 0.844 bits per heavy atom. The minimum absolute atomic E-state index is 0.00150. The van der Waals surface area contributed by atoms with Gasteiger partial charge in [0.25, 0.3) is 23.4 Å². The third-order valence-electron chi connectivity index (χ3n) is 6.53. The molecular weight excluding hydrogens is 613 g/mol. The van der Waals surface area contributed by atoms with Gasteiger partial charge in [0, 0.05) is 34.0 Å². The van der Waals surface area contributed by atoms with Gasteiger partial charge < -0.3 is 15.4 Å². The molecule has 0 bridgehead atoms. The van der Waals surface area contributed by atoms with E-state index >= 15 is 0 Å². The molecule has 10 nitrogen and oxygen atoms in total. The molecule has 1 heterocycles. The summed E-state index contributed by atoms with van der Waals surface area (Å²) in [7, 11) is 1.49. The maximum Gasteiger partial charge on any atom is 0.416 e. The van der Waals surface area contributed by atoms with Crippen LogP contribution in [0.3, 0.4) is 0 Å². The molecule has 14 heteroatoms. The SMILES string of the molecule is COc1ccc(NC2=C(Sc3ccc(NC(=O)c4ccc([N+](=O)[O-])cc4)cc3)C(=O)N(c3ccc(C(F)(F)F)cc3)C2=O)cc1. The lowest BCUT2D eigenvalue weighted by Gasteiger charge is -2.16. The van der Waals surface area contributed by atoms with Gasteiger partial charge >= 0.3 is 6.18 Å². The summed E-state index contributed by atoms with van der Waals surface area (Å²) in [6.07, 6.45) is -4.59. The van der Waals surface area contributed by atoms with Crippen LogP contribution in [0, 0.1) is 10.1 Å². The number of non-ortho nitro benzene ring substituents is 1. The number of amides is 3. The highest BCUT2D eigenvalue weighted by molar-refractivity contribution is 8.04. The first-order valence-electron chi connectivity index (χ1n) is 13.0. The van der Waals surface area contributed by atoms with Crippen molar-refractivity contribution in [1.82, 2.24) is 0 Å². The van der Waals surface area contributed by atoms with Crippen molar-refractivity contribution in [2.45, 2.75) is 11.1 Å². The van der Waals surface area contributed by atoms with Gasteiger partial charge in [-0.1, -0.05) is 11.8 Å². The largest absolute Gasteiger partial charge is 0.497 e. The van der Waals surface area contributed by atoms with Crippen molar-refractivity contribution in [3.63, 3.8) is 0 Å². The topological polar surface area (TPSA) is 131 Å². The summed E-state index contributed by atoms with van der Waals surface area (Å²) in [6.45, 7) is 0. The summed E-state index contributed by atoms with van der Waals surface area (Å²) >= 11 is 0.956. The van der Waals surface area contributed by atoms with Crippen LogP contribution in [-0.4, -0.2) is 29.8 Å². The number of hydrogen-bond acceptors (Lipinski definition) is 8. The van der Waals surface area contributed by atoms with Gasteiger partial charge in [-0.2, -0.15) is 13.2 Å². The Morgan fingerprint density at radius 2 is 1.44 bits per heavy atom. The van der Waals surface area contributed by atoms with Crippen LogP contribution in [0.2, 0.25) is 0 Å². The molecule has 2 N–H and O–H groups in total. The number of carbonyl (C=O) groups excluding carboxylic acids is 3. The lowest BCUT2D eigenvalue weighted by molar-refractivity contribution is -0.384.